The fourth-order valence-corrected chi connectivity index (χ4v) is 2.06. The summed E-state index contributed by atoms with van der Waals surface area (Å²) in [5.41, 5.74) is 4.10. The Morgan fingerprint density at radius 3 is 2.38 bits per heavy atom. The number of hydrogen-bond donors (Lipinski definition) is 2. The van der Waals surface area contributed by atoms with Crippen molar-refractivity contribution >= 4 is 0 Å². The van der Waals surface area contributed by atoms with Crippen molar-refractivity contribution in [2.75, 3.05) is 13.1 Å². The quantitative estimate of drug-likeness (QED) is 0.715. The van der Waals surface area contributed by atoms with E-state index in [4.69, 9.17) is 0 Å². The molecule has 2 N–H and O–H groups in total. The van der Waals surface area contributed by atoms with Crippen molar-refractivity contribution in [3.63, 3.8) is 0 Å². The van der Waals surface area contributed by atoms with E-state index in [0.29, 0.717) is 0 Å². The van der Waals surface area contributed by atoms with Crippen LogP contribution in [0.15, 0.2) is 18.2 Å². The van der Waals surface area contributed by atoms with E-state index in [-0.39, 0.29) is 0 Å². The topological polar surface area (TPSA) is 24.1 Å². The second kappa shape index (κ2) is 5.46. The molecule has 0 amide bonds. The van der Waals surface area contributed by atoms with Gasteiger partial charge in [0.2, 0.25) is 0 Å². The van der Waals surface area contributed by atoms with Crippen LogP contribution < -0.4 is 10.6 Å². The molecule has 0 aromatic heterocycles. The summed E-state index contributed by atoms with van der Waals surface area (Å²) in [6.45, 7) is 7.45. The first-order chi connectivity index (χ1) is 7.74. The van der Waals surface area contributed by atoms with Crippen LogP contribution in [0.3, 0.4) is 0 Å². The summed E-state index contributed by atoms with van der Waals surface area (Å²) in [7, 11) is 0. The van der Waals surface area contributed by atoms with E-state index < -0.39 is 0 Å². The zero-order valence-electron chi connectivity index (χ0n) is 10.3. The lowest BCUT2D eigenvalue weighted by molar-refractivity contribution is 0.608. The molecule has 1 aromatic carbocycles. The van der Waals surface area contributed by atoms with E-state index in [9.17, 15) is 0 Å². The van der Waals surface area contributed by atoms with Crippen LogP contribution in [0.2, 0.25) is 0 Å². The van der Waals surface area contributed by atoms with E-state index in [0.717, 1.165) is 25.7 Å². The molecule has 0 aliphatic heterocycles. The van der Waals surface area contributed by atoms with Crippen LogP contribution in [0.5, 0.6) is 0 Å². The van der Waals surface area contributed by atoms with Gasteiger partial charge < -0.3 is 10.6 Å². The monoisotopic (exact) mass is 218 g/mol. The summed E-state index contributed by atoms with van der Waals surface area (Å²) in [4.78, 5) is 0. The van der Waals surface area contributed by atoms with E-state index in [1.54, 1.807) is 0 Å². The maximum absolute atomic E-state index is 3.50. The minimum Gasteiger partial charge on any atom is -0.313 e. The number of hydrogen-bond acceptors (Lipinski definition) is 2. The predicted molar refractivity (Wildman–Crippen MR) is 68.6 cm³/mol. The smallest absolute Gasteiger partial charge is 0.0206 e. The zero-order chi connectivity index (χ0) is 11.4. The van der Waals surface area contributed by atoms with Crippen LogP contribution in [0.4, 0.5) is 0 Å². The van der Waals surface area contributed by atoms with Gasteiger partial charge >= 0.3 is 0 Å². The molecular weight excluding hydrogens is 196 g/mol. The molecule has 1 aromatic rings. The van der Waals surface area contributed by atoms with Gasteiger partial charge in [-0.25, -0.2) is 0 Å². The zero-order valence-corrected chi connectivity index (χ0v) is 10.3. The molecule has 0 unspecified atom stereocenters. The maximum Gasteiger partial charge on any atom is 0.0206 e. The first kappa shape index (κ1) is 11.6. The summed E-state index contributed by atoms with van der Waals surface area (Å²) < 4.78 is 0. The summed E-state index contributed by atoms with van der Waals surface area (Å²) in [6.07, 6.45) is 2.74. The molecule has 2 heteroatoms. The fraction of sp³-hybridized carbons (Fsp3) is 0.571. The van der Waals surface area contributed by atoms with Crippen molar-refractivity contribution in [3.8, 4) is 0 Å². The molecule has 0 saturated heterocycles. The number of nitrogens with one attached hydrogen (secondary N) is 2. The van der Waals surface area contributed by atoms with Gasteiger partial charge in [-0.2, -0.15) is 0 Å². The second-order valence-corrected chi connectivity index (χ2v) is 4.90. The first-order valence-electron chi connectivity index (χ1n) is 6.25. The normalized spacial score (nSPS) is 15.4. The van der Waals surface area contributed by atoms with Crippen LogP contribution in [0.1, 0.15) is 29.5 Å². The highest BCUT2D eigenvalue weighted by molar-refractivity contribution is 5.28. The van der Waals surface area contributed by atoms with Gasteiger partial charge in [0, 0.05) is 25.7 Å². The van der Waals surface area contributed by atoms with Crippen LogP contribution in [0, 0.1) is 13.8 Å². The first-order valence-corrected chi connectivity index (χ1v) is 6.25. The van der Waals surface area contributed by atoms with Crippen molar-refractivity contribution in [1.82, 2.24) is 10.6 Å². The Labute approximate surface area is 98.4 Å². The Balaban J connectivity index is 1.67. The molecule has 16 heavy (non-hydrogen) atoms. The third-order valence-corrected chi connectivity index (χ3v) is 2.92. The van der Waals surface area contributed by atoms with Gasteiger partial charge in [0.05, 0.1) is 0 Å². The van der Waals surface area contributed by atoms with E-state index in [2.05, 4.69) is 42.7 Å². The molecule has 0 bridgehead atoms. The lowest BCUT2D eigenvalue weighted by Crippen LogP contribution is -2.28. The van der Waals surface area contributed by atoms with Crippen molar-refractivity contribution < 1.29 is 0 Å². The molecule has 1 fully saturated rings. The van der Waals surface area contributed by atoms with Crippen LogP contribution in [0.25, 0.3) is 0 Å². The average Bonchev–Trinajstić information content (AvgIpc) is 2.99. The van der Waals surface area contributed by atoms with E-state index >= 15 is 0 Å². The molecule has 0 spiro atoms. The molecule has 0 radical (unpaired) electrons. The van der Waals surface area contributed by atoms with Crippen molar-refractivity contribution in [3.05, 3.63) is 34.9 Å². The Bertz CT molecular complexity index is 322. The van der Waals surface area contributed by atoms with Gasteiger partial charge in [-0.1, -0.05) is 29.3 Å². The maximum atomic E-state index is 3.50. The van der Waals surface area contributed by atoms with Gasteiger partial charge in [0.25, 0.3) is 0 Å². The van der Waals surface area contributed by atoms with Crippen LogP contribution in [-0.4, -0.2) is 19.1 Å². The fourth-order valence-electron chi connectivity index (χ4n) is 2.06. The predicted octanol–water partition coefficient (Wildman–Crippen LogP) is 2.15. The van der Waals surface area contributed by atoms with E-state index in [1.165, 1.54) is 29.5 Å². The molecule has 1 aliphatic rings. The molecule has 0 atom stereocenters. The van der Waals surface area contributed by atoms with Gasteiger partial charge in [-0.3, -0.25) is 0 Å². The highest BCUT2D eigenvalue weighted by Gasteiger charge is 2.19. The number of aryl methyl sites for hydroxylation is 2. The Morgan fingerprint density at radius 1 is 1.06 bits per heavy atom. The molecule has 1 saturated carbocycles. The number of rotatable bonds is 6. The largest absolute Gasteiger partial charge is 0.313 e. The molecular formula is C14H22N2. The highest BCUT2D eigenvalue weighted by atomic mass is 15.0. The Kier molecular flexibility index (Phi) is 3.97. The van der Waals surface area contributed by atoms with Crippen molar-refractivity contribution in [2.45, 2.75) is 39.3 Å². The third-order valence-electron chi connectivity index (χ3n) is 2.92. The summed E-state index contributed by atoms with van der Waals surface area (Å²) in [6, 6.07) is 7.56. The van der Waals surface area contributed by atoms with Crippen molar-refractivity contribution in [1.29, 1.82) is 0 Å². The number of benzene rings is 1. The standard InChI is InChI=1S/C14H22N2/c1-11-7-12(2)9-13(8-11)10-15-5-6-16-14-3-4-14/h7-9,14-16H,3-6,10H2,1-2H3. The molecule has 2 nitrogen and oxygen atoms in total. The lowest BCUT2D eigenvalue weighted by atomic mass is 10.1. The summed E-state index contributed by atoms with van der Waals surface area (Å²) >= 11 is 0. The molecule has 88 valence electrons. The molecule has 0 heterocycles. The van der Waals surface area contributed by atoms with Crippen LogP contribution in [-0.2, 0) is 6.54 Å². The summed E-state index contributed by atoms with van der Waals surface area (Å²) in [5.74, 6) is 0. The summed E-state index contributed by atoms with van der Waals surface area (Å²) in [5, 5.41) is 6.98. The SMILES string of the molecule is Cc1cc(C)cc(CNCCNC2CC2)c1. The second-order valence-electron chi connectivity index (χ2n) is 4.90. The van der Waals surface area contributed by atoms with Crippen LogP contribution >= 0.6 is 0 Å². The van der Waals surface area contributed by atoms with Gasteiger partial charge in [0.1, 0.15) is 0 Å². The molecule has 2 rings (SSSR count). The Morgan fingerprint density at radius 2 is 1.75 bits per heavy atom. The average molecular weight is 218 g/mol. The minimum absolute atomic E-state index is 0.822. The van der Waals surface area contributed by atoms with Gasteiger partial charge in [-0.15, -0.1) is 0 Å². The Hall–Kier alpha value is -0.860. The van der Waals surface area contributed by atoms with Gasteiger partial charge in [-0.05, 0) is 32.3 Å². The lowest BCUT2D eigenvalue weighted by Gasteiger charge is -2.07. The van der Waals surface area contributed by atoms with E-state index in [1.807, 2.05) is 0 Å². The highest BCUT2D eigenvalue weighted by Crippen LogP contribution is 2.17. The minimum atomic E-state index is 0.822. The molecule has 1 aliphatic carbocycles. The van der Waals surface area contributed by atoms with Crippen molar-refractivity contribution in [2.24, 2.45) is 0 Å². The third kappa shape index (κ3) is 3.95. The van der Waals surface area contributed by atoms with Gasteiger partial charge in [0.15, 0.2) is 0 Å².